The average Bonchev–Trinajstić information content (AvgIpc) is 3.50. The molecule has 0 saturated heterocycles. The lowest BCUT2D eigenvalue weighted by Crippen LogP contribution is -1.98. The highest BCUT2D eigenvalue weighted by Gasteiger charge is 2.17. The summed E-state index contributed by atoms with van der Waals surface area (Å²) in [5.74, 6) is 0. The fourth-order valence-electron chi connectivity index (χ4n) is 6.06. The third kappa shape index (κ3) is 3.12. The summed E-state index contributed by atoms with van der Waals surface area (Å²) in [4.78, 5) is 4.86. The summed E-state index contributed by atoms with van der Waals surface area (Å²) in [5.41, 5.74) is 9.43. The summed E-state index contributed by atoms with van der Waals surface area (Å²) in [5, 5.41) is 4.91. The van der Waals surface area contributed by atoms with Crippen molar-refractivity contribution in [2.75, 3.05) is 0 Å². The zero-order valence-electron chi connectivity index (χ0n) is 20.9. The number of rotatable bonds is 3. The molecule has 0 saturated carbocycles. The molecule has 0 atom stereocenters. The van der Waals surface area contributed by atoms with Crippen molar-refractivity contribution in [1.29, 1.82) is 0 Å². The second kappa shape index (κ2) is 8.32. The van der Waals surface area contributed by atoms with Crippen molar-refractivity contribution >= 4 is 49.4 Å². The Labute approximate surface area is 220 Å². The van der Waals surface area contributed by atoms with Crippen LogP contribution in [-0.4, -0.2) is 14.1 Å². The number of hydrogen-bond donors (Lipinski definition) is 0. The van der Waals surface area contributed by atoms with Gasteiger partial charge in [0.2, 0.25) is 0 Å². The molecule has 0 fully saturated rings. The zero-order valence-corrected chi connectivity index (χ0v) is 20.9. The summed E-state index contributed by atoms with van der Waals surface area (Å²) >= 11 is 0. The largest absolute Gasteiger partial charge is 0.310 e. The van der Waals surface area contributed by atoms with Crippen molar-refractivity contribution in [3.63, 3.8) is 0 Å². The summed E-state index contributed by atoms with van der Waals surface area (Å²) in [6.45, 7) is 0. The van der Waals surface area contributed by atoms with E-state index in [1.165, 1.54) is 54.9 Å². The van der Waals surface area contributed by atoms with E-state index in [9.17, 15) is 0 Å². The van der Waals surface area contributed by atoms with Gasteiger partial charge in [-0.15, -0.1) is 0 Å². The predicted octanol–water partition coefficient (Wildman–Crippen LogP) is 9.14. The van der Waals surface area contributed by atoms with Gasteiger partial charge >= 0.3 is 0 Å². The molecule has 0 unspecified atom stereocenters. The van der Waals surface area contributed by atoms with Crippen LogP contribution in [0.2, 0.25) is 0 Å². The van der Waals surface area contributed by atoms with Crippen LogP contribution < -0.4 is 0 Å². The van der Waals surface area contributed by atoms with Gasteiger partial charge in [-0.3, -0.25) is 4.57 Å². The van der Waals surface area contributed by atoms with E-state index in [4.69, 9.17) is 4.98 Å². The Morgan fingerprint density at radius 2 is 1.32 bits per heavy atom. The molecule has 3 nitrogen and oxygen atoms in total. The number of benzene rings is 4. The molecule has 0 radical (unpaired) electrons. The van der Waals surface area contributed by atoms with Crippen molar-refractivity contribution < 1.29 is 0 Å². The number of hydrogen-bond acceptors (Lipinski definition) is 1. The Hall–Kier alpha value is -4.89. The van der Waals surface area contributed by atoms with Crippen LogP contribution in [0, 0.1) is 0 Å². The molecule has 3 aromatic heterocycles. The molecule has 7 aromatic rings. The molecule has 38 heavy (non-hydrogen) atoms. The summed E-state index contributed by atoms with van der Waals surface area (Å²) < 4.78 is 4.71. The molecule has 4 aromatic carbocycles. The van der Waals surface area contributed by atoms with Crippen LogP contribution in [-0.2, 0) is 0 Å². The smallest absolute Gasteiger partial charge is 0.145 e. The molecule has 3 heterocycles. The molecule has 0 amide bonds. The Bertz CT molecular complexity index is 2070. The van der Waals surface area contributed by atoms with Gasteiger partial charge in [0.15, 0.2) is 0 Å². The van der Waals surface area contributed by atoms with E-state index in [0.717, 1.165) is 24.2 Å². The number of para-hydroxylation sites is 1. The molecule has 0 spiro atoms. The highest BCUT2D eigenvalue weighted by Crippen LogP contribution is 2.38. The number of aromatic nitrogens is 3. The summed E-state index contributed by atoms with van der Waals surface area (Å²) in [6, 6.07) is 37.1. The van der Waals surface area contributed by atoms with Gasteiger partial charge in [0.25, 0.3) is 0 Å². The van der Waals surface area contributed by atoms with Gasteiger partial charge in [0, 0.05) is 39.1 Å². The van der Waals surface area contributed by atoms with Crippen LogP contribution >= 0.6 is 0 Å². The quantitative estimate of drug-likeness (QED) is 0.244. The van der Waals surface area contributed by atoms with Crippen LogP contribution in [0.5, 0.6) is 0 Å². The number of nitrogens with zero attached hydrogens (tertiary/aromatic N) is 3. The van der Waals surface area contributed by atoms with E-state index in [2.05, 4.69) is 124 Å². The van der Waals surface area contributed by atoms with Crippen molar-refractivity contribution in [3.05, 3.63) is 128 Å². The summed E-state index contributed by atoms with van der Waals surface area (Å²) in [6.07, 6.45) is 11.0. The van der Waals surface area contributed by atoms with Gasteiger partial charge in [-0.05, 0) is 78.6 Å². The lowest BCUT2D eigenvalue weighted by Gasteiger charge is -2.12. The molecular formula is C35H25N3. The minimum absolute atomic E-state index is 0.980. The Balaban J connectivity index is 1.40. The molecule has 0 aliphatic heterocycles. The fraction of sp³-hybridized carbons (Fsp3) is 0.0571. The Morgan fingerprint density at radius 1 is 0.553 bits per heavy atom. The Kier molecular flexibility index (Phi) is 4.65. The lowest BCUT2D eigenvalue weighted by atomic mass is 10.0. The highest BCUT2D eigenvalue weighted by molar-refractivity contribution is 6.12. The first-order valence-corrected chi connectivity index (χ1v) is 13.2. The van der Waals surface area contributed by atoms with E-state index >= 15 is 0 Å². The van der Waals surface area contributed by atoms with Crippen LogP contribution in [0.15, 0.2) is 128 Å². The number of allylic oxidation sites excluding steroid dienone is 4. The van der Waals surface area contributed by atoms with Crippen molar-refractivity contribution in [1.82, 2.24) is 14.1 Å². The third-order valence-electron chi connectivity index (χ3n) is 7.78. The van der Waals surface area contributed by atoms with Gasteiger partial charge < -0.3 is 4.57 Å². The second-order valence-corrected chi connectivity index (χ2v) is 9.97. The van der Waals surface area contributed by atoms with Crippen molar-refractivity contribution in [2.45, 2.75) is 12.8 Å². The molecular weight excluding hydrogens is 462 g/mol. The Morgan fingerprint density at radius 3 is 2.21 bits per heavy atom. The normalized spacial score (nSPS) is 13.6. The van der Waals surface area contributed by atoms with Crippen LogP contribution in [0.25, 0.3) is 66.3 Å². The van der Waals surface area contributed by atoms with E-state index in [-0.39, 0.29) is 0 Å². The van der Waals surface area contributed by atoms with Crippen molar-refractivity contribution in [2.24, 2.45) is 0 Å². The minimum atomic E-state index is 0.980. The van der Waals surface area contributed by atoms with Crippen LogP contribution in [0.3, 0.4) is 0 Å². The van der Waals surface area contributed by atoms with E-state index in [1.807, 2.05) is 12.3 Å². The molecule has 3 heteroatoms. The van der Waals surface area contributed by atoms with Gasteiger partial charge in [-0.1, -0.05) is 66.7 Å². The van der Waals surface area contributed by atoms with Gasteiger partial charge in [0.1, 0.15) is 5.65 Å². The van der Waals surface area contributed by atoms with E-state index < -0.39 is 0 Å². The number of fused-ring (bicyclic) bond motifs is 6. The highest BCUT2D eigenvalue weighted by atomic mass is 15.0. The minimum Gasteiger partial charge on any atom is -0.310 e. The second-order valence-electron chi connectivity index (χ2n) is 9.97. The average molecular weight is 488 g/mol. The first-order chi connectivity index (χ1) is 18.9. The van der Waals surface area contributed by atoms with Crippen LogP contribution in [0.1, 0.15) is 12.8 Å². The molecule has 0 N–H and O–H groups in total. The maximum Gasteiger partial charge on any atom is 0.145 e. The maximum atomic E-state index is 4.86. The SMILES string of the molecule is C1=CC(n2c3ccccc3c3cc(-n4c5ccc(-c6ccccc6)cc5c5cccnc54)ccc32)=CCC1. The monoisotopic (exact) mass is 487 g/mol. The molecule has 1 aliphatic rings. The fourth-order valence-corrected chi connectivity index (χ4v) is 6.06. The van der Waals surface area contributed by atoms with Gasteiger partial charge in [0.05, 0.1) is 16.6 Å². The van der Waals surface area contributed by atoms with E-state index in [0.29, 0.717) is 0 Å². The first-order valence-electron chi connectivity index (χ1n) is 13.2. The topological polar surface area (TPSA) is 22.8 Å². The zero-order chi connectivity index (χ0) is 25.1. The molecule has 1 aliphatic carbocycles. The van der Waals surface area contributed by atoms with E-state index in [1.54, 1.807) is 0 Å². The number of pyridine rings is 1. The molecule has 180 valence electrons. The van der Waals surface area contributed by atoms with Gasteiger partial charge in [-0.2, -0.15) is 0 Å². The first kappa shape index (κ1) is 21.2. The lowest BCUT2D eigenvalue weighted by molar-refractivity contribution is 1.02. The maximum absolute atomic E-state index is 4.86. The van der Waals surface area contributed by atoms with Crippen LogP contribution in [0.4, 0.5) is 0 Å². The van der Waals surface area contributed by atoms with Crippen molar-refractivity contribution in [3.8, 4) is 16.8 Å². The van der Waals surface area contributed by atoms with Gasteiger partial charge in [-0.25, -0.2) is 4.98 Å². The molecule has 8 rings (SSSR count). The summed E-state index contributed by atoms with van der Waals surface area (Å²) in [7, 11) is 0. The standard InChI is InChI=1S/C35H25N3/c1-3-10-24(11-4-1)25-17-19-34-30(22-25)29-15-9-21-36-35(29)38(34)27-18-20-33-31(23-27)28-14-7-8-16-32(28)37(33)26-12-5-2-6-13-26/h1,3-5,7-23H,2,6H2. The molecule has 0 bridgehead atoms. The predicted molar refractivity (Wildman–Crippen MR) is 160 cm³/mol. The third-order valence-corrected chi connectivity index (χ3v) is 7.78.